The summed E-state index contributed by atoms with van der Waals surface area (Å²) in [5.74, 6) is 0.245. The molecule has 3 heteroatoms. The van der Waals surface area contributed by atoms with Crippen molar-refractivity contribution in [2.24, 2.45) is 5.41 Å². The van der Waals surface area contributed by atoms with Crippen molar-refractivity contribution in [2.45, 2.75) is 39.7 Å². The molecule has 2 aliphatic rings. The standard InChI is InChI=1S/C12H22N2O/c1-10(2)13-6-4-12(8-13)5-7-14(9-12)11(3)15/h10H,4-9H2,1-3H3. The van der Waals surface area contributed by atoms with E-state index in [2.05, 4.69) is 18.7 Å². The Balaban J connectivity index is 1.98. The predicted octanol–water partition coefficient (Wildman–Crippen LogP) is 1.34. The van der Waals surface area contributed by atoms with E-state index in [0.717, 1.165) is 13.1 Å². The molecule has 0 aromatic carbocycles. The zero-order valence-corrected chi connectivity index (χ0v) is 10.1. The molecule has 1 unspecified atom stereocenters. The van der Waals surface area contributed by atoms with Crippen LogP contribution in [-0.4, -0.2) is 47.9 Å². The van der Waals surface area contributed by atoms with Crippen LogP contribution in [0.15, 0.2) is 0 Å². The average Bonchev–Trinajstić information content (AvgIpc) is 2.74. The van der Waals surface area contributed by atoms with Gasteiger partial charge in [0.2, 0.25) is 5.91 Å². The van der Waals surface area contributed by atoms with Gasteiger partial charge in [-0.25, -0.2) is 0 Å². The number of hydrogen-bond acceptors (Lipinski definition) is 2. The molecule has 15 heavy (non-hydrogen) atoms. The summed E-state index contributed by atoms with van der Waals surface area (Å²) in [5, 5.41) is 0. The fourth-order valence-corrected chi connectivity index (χ4v) is 2.95. The van der Waals surface area contributed by atoms with Gasteiger partial charge in [-0.05, 0) is 33.2 Å². The summed E-state index contributed by atoms with van der Waals surface area (Å²) in [6, 6.07) is 0.649. The van der Waals surface area contributed by atoms with Crippen molar-refractivity contribution in [3.8, 4) is 0 Å². The highest BCUT2D eigenvalue weighted by molar-refractivity contribution is 5.73. The number of hydrogen-bond donors (Lipinski definition) is 0. The summed E-state index contributed by atoms with van der Waals surface area (Å²) < 4.78 is 0. The highest BCUT2D eigenvalue weighted by Crippen LogP contribution is 2.39. The molecule has 1 spiro atoms. The lowest BCUT2D eigenvalue weighted by atomic mass is 9.86. The molecule has 2 heterocycles. The molecule has 0 N–H and O–H groups in total. The van der Waals surface area contributed by atoms with Gasteiger partial charge in [0.05, 0.1) is 0 Å². The number of rotatable bonds is 1. The highest BCUT2D eigenvalue weighted by Gasteiger charge is 2.44. The van der Waals surface area contributed by atoms with Gasteiger partial charge in [-0.15, -0.1) is 0 Å². The Kier molecular flexibility index (Phi) is 2.75. The van der Waals surface area contributed by atoms with Gasteiger partial charge in [-0.1, -0.05) is 0 Å². The Morgan fingerprint density at radius 2 is 1.87 bits per heavy atom. The first kappa shape index (κ1) is 10.9. The van der Waals surface area contributed by atoms with Crippen LogP contribution in [0.5, 0.6) is 0 Å². The van der Waals surface area contributed by atoms with Crippen LogP contribution in [0.4, 0.5) is 0 Å². The third-order valence-electron chi connectivity index (χ3n) is 4.08. The van der Waals surface area contributed by atoms with Crippen LogP contribution in [0.1, 0.15) is 33.6 Å². The third kappa shape index (κ3) is 2.03. The zero-order chi connectivity index (χ0) is 11.1. The first-order valence-electron chi connectivity index (χ1n) is 6.02. The molecular formula is C12H22N2O. The van der Waals surface area contributed by atoms with E-state index in [4.69, 9.17) is 0 Å². The van der Waals surface area contributed by atoms with Crippen LogP contribution in [0.3, 0.4) is 0 Å². The van der Waals surface area contributed by atoms with E-state index in [1.165, 1.54) is 25.9 Å². The maximum Gasteiger partial charge on any atom is 0.219 e. The average molecular weight is 210 g/mol. The molecule has 86 valence electrons. The van der Waals surface area contributed by atoms with Gasteiger partial charge >= 0.3 is 0 Å². The number of carbonyl (C=O) groups is 1. The van der Waals surface area contributed by atoms with Gasteiger partial charge in [0, 0.05) is 38.0 Å². The van der Waals surface area contributed by atoms with E-state index in [1.54, 1.807) is 6.92 Å². The number of nitrogens with zero attached hydrogens (tertiary/aromatic N) is 2. The summed E-state index contributed by atoms with van der Waals surface area (Å²) in [6.45, 7) is 10.6. The fraction of sp³-hybridized carbons (Fsp3) is 0.917. The monoisotopic (exact) mass is 210 g/mol. The van der Waals surface area contributed by atoms with Crippen LogP contribution in [0.25, 0.3) is 0 Å². The molecule has 2 fully saturated rings. The Bertz CT molecular complexity index is 264. The van der Waals surface area contributed by atoms with Crippen molar-refractivity contribution in [3.05, 3.63) is 0 Å². The quantitative estimate of drug-likeness (QED) is 0.652. The van der Waals surface area contributed by atoms with Gasteiger partial charge in [0.15, 0.2) is 0 Å². The lowest BCUT2D eigenvalue weighted by Crippen LogP contribution is -2.34. The molecular weight excluding hydrogens is 188 g/mol. The third-order valence-corrected chi connectivity index (χ3v) is 4.08. The predicted molar refractivity (Wildman–Crippen MR) is 60.6 cm³/mol. The Morgan fingerprint density at radius 1 is 1.20 bits per heavy atom. The van der Waals surface area contributed by atoms with Gasteiger partial charge in [0.1, 0.15) is 0 Å². The van der Waals surface area contributed by atoms with Crippen molar-refractivity contribution in [3.63, 3.8) is 0 Å². The minimum absolute atomic E-state index is 0.245. The number of carbonyl (C=O) groups excluding carboxylic acids is 1. The van der Waals surface area contributed by atoms with Gasteiger partial charge in [-0.2, -0.15) is 0 Å². The maximum atomic E-state index is 11.3. The maximum absolute atomic E-state index is 11.3. The summed E-state index contributed by atoms with van der Waals surface area (Å²) in [4.78, 5) is 15.9. The number of likely N-dealkylation sites (tertiary alicyclic amines) is 2. The first-order chi connectivity index (χ1) is 7.02. The minimum atomic E-state index is 0.245. The molecule has 0 saturated carbocycles. The SMILES string of the molecule is CC(=O)N1CCC2(CCN(C(C)C)C2)C1. The van der Waals surface area contributed by atoms with Crippen molar-refractivity contribution in [1.29, 1.82) is 0 Å². The number of amides is 1. The van der Waals surface area contributed by atoms with E-state index in [9.17, 15) is 4.79 Å². The van der Waals surface area contributed by atoms with Crippen LogP contribution in [0.2, 0.25) is 0 Å². The van der Waals surface area contributed by atoms with E-state index < -0.39 is 0 Å². The molecule has 2 aliphatic heterocycles. The molecule has 2 rings (SSSR count). The Hall–Kier alpha value is -0.570. The largest absolute Gasteiger partial charge is 0.342 e. The van der Waals surface area contributed by atoms with Crippen molar-refractivity contribution >= 4 is 5.91 Å². The van der Waals surface area contributed by atoms with Crippen molar-refractivity contribution in [2.75, 3.05) is 26.2 Å². The molecule has 0 aromatic heterocycles. The van der Waals surface area contributed by atoms with Gasteiger partial charge < -0.3 is 9.80 Å². The van der Waals surface area contributed by atoms with Crippen LogP contribution < -0.4 is 0 Å². The van der Waals surface area contributed by atoms with E-state index in [1.807, 2.05) is 4.90 Å². The Morgan fingerprint density at radius 3 is 2.33 bits per heavy atom. The molecule has 0 radical (unpaired) electrons. The van der Waals surface area contributed by atoms with E-state index in [0.29, 0.717) is 11.5 Å². The molecule has 0 aromatic rings. The summed E-state index contributed by atoms with van der Waals surface area (Å²) >= 11 is 0. The second-order valence-corrected chi connectivity index (χ2v) is 5.50. The molecule has 1 amide bonds. The second-order valence-electron chi connectivity index (χ2n) is 5.50. The molecule has 2 saturated heterocycles. The first-order valence-corrected chi connectivity index (χ1v) is 6.02. The highest BCUT2D eigenvalue weighted by atomic mass is 16.2. The summed E-state index contributed by atoms with van der Waals surface area (Å²) in [5.41, 5.74) is 0.427. The zero-order valence-electron chi connectivity index (χ0n) is 10.1. The summed E-state index contributed by atoms with van der Waals surface area (Å²) in [7, 11) is 0. The second kappa shape index (κ2) is 3.78. The fourth-order valence-electron chi connectivity index (χ4n) is 2.95. The van der Waals surface area contributed by atoms with Gasteiger partial charge in [0.25, 0.3) is 0 Å². The smallest absolute Gasteiger partial charge is 0.219 e. The van der Waals surface area contributed by atoms with E-state index >= 15 is 0 Å². The van der Waals surface area contributed by atoms with Crippen LogP contribution in [0, 0.1) is 5.41 Å². The van der Waals surface area contributed by atoms with Gasteiger partial charge in [-0.3, -0.25) is 4.79 Å². The summed E-state index contributed by atoms with van der Waals surface area (Å²) in [6.07, 6.45) is 2.48. The Labute approximate surface area is 92.4 Å². The molecule has 0 aliphatic carbocycles. The van der Waals surface area contributed by atoms with Crippen LogP contribution >= 0.6 is 0 Å². The normalized spacial score (nSPS) is 32.1. The molecule has 1 atom stereocenters. The topological polar surface area (TPSA) is 23.6 Å². The van der Waals surface area contributed by atoms with E-state index in [-0.39, 0.29) is 5.91 Å². The van der Waals surface area contributed by atoms with Crippen molar-refractivity contribution in [1.82, 2.24) is 9.80 Å². The molecule has 0 bridgehead atoms. The van der Waals surface area contributed by atoms with Crippen molar-refractivity contribution < 1.29 is 4.79 Å². The van der Waals surface area contributed by atoms with Crippen LogP contribution in [-0.2, 0) is 4.79 Å². The lowest BCUT2D eigenvalue weighted by Gasteiger charge is -2.26. The molecule has 3 nitrogen and oxygen atoms in total. The lowest BCUT2D eigenvalue weighted by molar-refractivity contribution is -0.128. The minimum Gasteiger partial charge on any atom is -0.342 e.